The fourth-order valence-corrected chi connectivity index (χ4v) is 2.71. The lowest BCUT2D eigenvalue weighted by Gasteiger charge is -2.09. The molecule has 2 rings (SSSR count). The molecule has 98 valence electrons. The third kappa shape index (κ3) is 2.30. The van der Waals surface area contributed by atoms with Crippen LogP contribution in [-0.2, 0) is 20.2 Å². The number of rotatable bonds is 2. The third-order valence-electron chi connectivity index (χ3n) is 2.65. The summed E-state index contributed by atoms with van der Waals surface area (Å²) in [4.78, 5) is 11.5. The van der Waals surface area contributed by atoms with E-state index in [1.54, 1.807) is 0 Å². The molecule has 0 fully saturated rings. The van der Waals surface area contributed by atoms with Crippen LogP contribution in [-0.4, -0.2) is 27.6 Å². The zero-order valence-electron chi connectivity index (χ0n) is 9.77. The van der Waals surface area contributed by atoms with Crippen LogP contribution in [0.2, 0.25) is 0 Å². The van der Waals surface area contributed by atoms with Gasteiger partial charge in [0, 0.05) is 22.7 Å². The van der Waals surface area contributed by atoms with Crippen molar-refractivity contribution in [2.24, 2.45) is 0 Å². The van der Waals surface area contributed by atoms with E-state index < -0.39 is 15.0 Å². The van der Waals surface area contributed by atoms with Gasteiger partial charge in [0.1, 0.15) is 17.4 Å². The Morgan fingerprint density at radius 3 is 2.72 bits per heavy atom. The van der Waals surface area contributed by atoms with Crippen molar-refractivity contribution in [3.8, 4) is 5.75 Å². The highest BCUT2D eigenvalue weighted by Crippen LogP contribution is 2.36. The number of methoxy groups -OCH3 is 1. The lowest BCUT2D eigenvalue weighted by Crippen LogP contribution is -2.08. The van der Waals surface area contributed by atoms with Crippen molar-refractivity contribution in [2.75, 3.05) is 7.11 Å². The highest BCUT2D eigenvalue weighted by molar-refractivity contribution is 8.13. The van der Waals surface area contributed by atoms with Crippen LogP contribution >= 0.6 is 10.7 Å². The van der Waals surface area contributed by atoms with Crippen molar-refractivity contribution in [2.45, 2.75) is 24.3 Å². The summed E-state index contributed by atoms with van der Waals surface area (Å²) in [5.41, 5.74) is 0.725. The number of benzene rings is 1. The van der Waals surface area contributed by atoms with Crippen molar-refractivity contribution in [1.29, 1.82) is 0 Å². The molecular formula is C11H11ClO5S. The van der Waals surface area contributed by atoms with Crippen molar-refractivity contribution in [1.82, 2.24) is 0 Å². The average molecular weight is 291 g/mol. The van der Waals surface area contributed by atoms with E-state index in [0.29, 0.717) is 17.7 Å². The summed E-state index contributed by atoms with van der Waals surface area (Å²) < 4.78 is 32.8. The van der Waals surface area contributed by atoms with E-state index in [9.17, 15) is 13.2 Å². The number of hydrogen-bond donors (Lipinski definition) is 0. The minimum absolute atomic E-state index is 0.0820. The SMILES string of the molecule is COC(=O)c1cc(S(=O)(=O)Cl)cc2c1O[C@@H](C)C2. The molecule has 1 aromatic carbocycles. The van der Waals surface area contributed by atoms with Crippen LogP contribution in [0.1, 0.15) is 22.8 Å². The molecule has 0 amide bonds. The van der Waals surface area contributed by atoms with Gasteiger partial charge < -0.3 is 9.47 Å². The molecule has 1 aliphatic heterocycles. The predicted octanol–water partition coefficient (Wildman–Crippen LogP) is 1.72. The summed E-state index contributed by atoms with van der Waals surface area (Å²) in [6.07, 6.45) is 0.413. The third-order valence-corrected chi connectivity index (χ3v) is 3.99. The highest BCUT2D eigenvalue weighted by atomic mass is 35.7. The molecular weight excluding hydrogens is 280 g/mol. The fraction of sp³-hybridized carbons (Fsp3) is 0.364. The first kappa shape index (κ1) is 13.2. The Hall–Kier alpha value is -1.27. The molecule has 0 aliphatic carbocycles. The van der Waals surface area contributed by atoms with Crippen molar-refractivity contribution in [3.63, 3.8) is 0 Å². The minimum atomic E-state index is -3.90. The Morgan fingerprint density at radius 2 is 2.17 bits per heavy atom. The summed E-state index contributed by atoms with van der Waals surface area (Å²) in [6, 6.07) is 2.60. The first-order valence-corrected chi connectivity index (χ1v) is 7.50. The van der Waals surface area contributed by atoms with E-state index in [1.165, 1.54) is 19.2 Å². The van der Waals surface area contributed by atoms with E-state index in [4.69, 9.17) is 15.4 Å². The zero-order chi connectivity index (χ0) is 13.5. The monoisotopic (exact) mass is 290 g/mol. The Morgan fingerprint density at radius 1 is 1.50 bits per heavy atom. The molecule has 18 heavy (non-hydrogen) atoms. The Kier molecular flexibility index (Phi) is 3.25. The van der Waals surface area contributed by atoms with Gasteiger partial charge in [-0.25, -0.2) is 13.2 Å². The van der Waals surface area contributed by atoms with E-state index in [1.807, 2.05) is 6.92 Å². The van der Waals surface area contributed by atoms with Gasteiger partial charge in [0.25, 0.3) is 9.05 Å². The first-order valence-electron chi connectivity index (χ1n) is 5.19. The molecule has 5 nitrogen and oxygen atoms in total. The standard InChI is InChI=1S/C11H11ClO5S/c1-6-3-7-4-8(18(12,14)15)5-9(10(7)17-6)11(13)16-2/h4-6H,3H2,1-2H3/t6-/m0/s1. The van der Waals surface area contributed by atoms with Crippen LogP contribution in [0.25, 0.3) is 0 Å². The Balaban J connectivity index is 2.65. The van der Waals surface area contributed by atoms with Crippen LogP contribution in [0.15, 0.2) is 17.0 Å². The number of carbonyl (C=O) groups excluding carboxylic acids is 1. The van der Waals surface area contributed by atoms with Crippen LogP contribution in [0.4, 0.5) is 0 Å². The quantitative estimate of drug-likeness (QED) is 0.613. The summed E-state index contributed by atoms with van der Waals surface area (Å²) in [5.74, 6) is -0.277. The van der Waals surface area contributed by atoms with Gasteiger partial charge in [-0.05, 0) is 19.1 Å². The second kappa shape index (κ2) is 4.44. The number of ether oxygens (including phenoxy) is 2. The molecule has 1 heterocycles. The van der Waals surface area contributed by atoms with Crippen molar-refractivity contribution < 1.29 is 22.7 Å². The van der Waals surface area contributed by atoms with Gasteiger partial charge in [0.15, 0.2) is 0 Å². The van der Waals surface area contributed by atoms with Crippen LogP contribution in [0.3, 0.4) is 0 Å². The Labute approximate surface area is 109 Å². The maximum atomic E-state index is 11.6. The molecule has 1 aromatic rings. The van der Waals surface area contributed by atoms with E-state index in [2.05, 4.69) is 4.74 Å². The molecule has 0 N–H and O–H groups in total. The minimum Gasteiger partial charge on any atom is -0.489 e. The van der Waals surface area contributed by atoms with Gasteiger partial charge in [0.2, 0.25) is 0 Å². The topological polar surface area (TPSA) is 69.7 Å². The summed E-state index contributed by atoms with van der Waals surface area (Å²) in [7, 11) is 2.62. The number of halogens is 1. The maximum absolute atomic E-state index is 11.6. The molecule has 1 aliphatic rings. The van der Waals surface area contributed by atoms with Gasteiger partial charge in [-0.3, -0.25) is 0 Å². The molecule has 0 radical (unpaired) electrons. The Bertz CT molecular complexity index is 608. The second-order valence-corrected chi connectivity index (χ2v) is 6.59. The van der Waals surface area contributed by atoms with Gasteiger partial charge in [-0.1, -0.05) is 0 Å². The zero-order valence-corrected chi connectivity index (χ0v) is 11.3. The van der Waals surface area contributed by atoms with Crippen LogP contribution in [0, 0.1) is 0 Å². The molecule has 0 saturated carbocycles. The normalized spacial score (nSPS) is 18.1. The summed E-state index contributed by atoms with van der Waals surface area (Å²) in [5, 5.41) is 0. The number of hydrogen-bond acceptors (Lipinski definition) is 5. The first-order chi connectivity index (χ1) is 8.32. The fourth-order valence-electron chi connectivity index (χ4n) is 1.91. The molecule has 1 atom stereocenters. The lowest BCUT2D eigenvalue weighted by atomic mass is 10.1. The largest absolute Gasteiger partial charge is 0.489 e. The van der Waals surface area contributed by atoms with E-state index in [0.717, 1.165) is 0 Å². The lowest BCUT2D eigenvalue weighted by molar-refractivity contribution is 0.0595. The van der Waals surface area contributed by atoms with Gasteiger partial charge in [-0.2, -0.15) is 0 Å². The maximum Gasteiger partial charge on any atom is 0.341 e. The van der Waals surface area contributed by atoms with Crippen molar-refractivity contribution in [3.05, 3.63) is 23.3 Å². The smallest absolute Gasteiger partial charge is 0.341 e. The number of carbonyl (C=O) groups is 1. The molecule has 0 spiro atoms. The molecule has 0 bridgehead atoms. The predicted molar refractivity (Wildman–Crippen MR) is 64.6 cm³/mol. The van der Waals surface area contributed by atoms with Gasteiger partial charge >= 0.3 is 5.97 Å². The molecule has 0 unspecified atom stereocenters. The summed E-state index contributed by atoms with van der Waals surface area (Å²) in [6.45, 7) is 1.83. The molecule has 0 aromatic heterocycles. The summed E-state index contributed by atoms with van der Waals surface area (Å²) >= 11 is 0. The molecule has 0 saturated heterocycles. The van der Waals surface area contributed by atoms with Crippen molar-refractivity contribution >= 4 is 25.7 Å². The number of esters is 1. The van der Waals surface area contributed by atoms with E-state index in [-0.39, 0.29) is 16.6 Å². The van der Waals surface area contributed by atoms with Gasteiger partial charge in [0.05, 0.1) is 12.0 Å². The second-order valence-electron chi connectivity index (χ2n) is 4.02. The number of fused-ring (bicyclic) bond motifs is 1. The molecule has 7 heteroatoms. The van der Waals surface area contributed by atoms with Crippen LogP contribution < -0.4 is 4.74 Å². The van der Waals surface area contributed by atoms with E-state index >= 15 is 0 Å². The average Bonchev–Trinajstić information content (AvgIpc) is 2.65. The van der Waals surface area contributed by atoms with Gasteiger partial charge in [-0.15, -0.1) is 0 Å². The van der Waals surface area contributed by atoms with Crippen LogP contribution in [0.5, 0.6) is 5.75 Å². The highest BCUT2D eigenvalue weighted by Gasteiger charge is 2.28.